The van der Waals surface area contributed by atoms with Crippen LogP contribution in [0.15, 0.2) is 53.1 Å². The first kappa shape index (κ1) is 23.4. The number of carbonyl (C=O) groups excluding carboxylic acids is 2. The number of amides is 2. The summed E-state index contributed by atoms with van der Waals surface area (Å²) in [5.41, 5.74) is 1.77. The Kier molecular flexibility index (Phi) is 7.04. The number of methoxy groups -OCH3 is 4. The first-order chi connectivity index (χ1) is 15.9. The predicted molar refractivity (Wildman–Crippen MR) is 121 cm³/mol. The van der Waals surface area contributed by atoms with Gasteiger partial charge in [-0.1, -0.05) is 12.1 Å². The maximum atomic E-state index is 13.4. The van der Waals surface area contributed by atoms with Crippen molar-refractivity contribution in [3.63, 3.8) is 0 Å². The molecule has 0 saturated carbocycles. The summed E-state index contributed by atoms with van der Waals surface area (Å²) < 4.78 is 21.3. The summed E-state index contributed by atoms with van der Waals surface area (Å²) in [5, 5.41) is 9.62. The third-order valence-electron chi connectivity index (χ3n) is 5.32. The van der Waals surface area contributed by atoms with Crippen LogP contribution in [0, 0.1) is 11.3 Å². The third-order valence-corrected chi connectivity index (χ3v) is 5.32. The van der Waals surface area contributed by atoms with Gasteiger partial charge in [-0.2, -0.15) is 5.26 Å². The summed E-state index contributed by atoms with van der Waals surface area (Å²) >= 11 is 0. The standard InChI is InChI=1S/C25H24N2O6/c1-15-19(10-17-11-21(31-3)23(33-5)22(12-17)32-4)24(28)27(25(29)20(15)13-26)14-16-6-8-18(30-2)9-7-16/h6-12H,14H2,1-5H3/b19-10+. The number of nitrogens with zero attached hydrogens (tertiary/aromatic N) is 2. The van der Waals surface area contributed by atoms with Gasteiger partial charge in [0.15, 0.2) is 11.5 Å². The fourth-order valence-electron chi connectivity index (χ4n) is 3.54. The monoisotopic (exact) mass is 448 g/mol. The minimum absolute atomic E-state index is 0.0206. The lowest BCUT2D eigenvalue weighted by Crippen LogP contribution is -2.42. The summed E-state index contributed by atoms with van der Waals surface area (Å²) in [4.78, 5) is 27.3. The molecule has 3 rings (SSSR count). The van der Waals surface area contributed by atoms with E-state index >= 15 is 0 Å². The Labute approximate surface area is 192 Å². The molecule has 8 heteroatoms. The maximum Gasteiger partial charge on any atom is 0.271 e. The van der Waals surface area contributed by atoms with Crippen LogP contribution in [-0.2, 0) is 16.1 Å². The molecule has 1 aliphatic rings. The van der Waals surface area contributed by atoms with Gasteiger partial charge in [0.2, 0.25) is 5.75 Å². The second-order valence-corrected chi connectivity index (χ2v) is 7.17. The zero-order chi connectivity index (χ0) is 24.1. The number of rotatable bonds is 7. The molecule has 1 heterocycles. The van der Waals surface area contributed by atoms with Crippen LogP contribution in [-0.4, -0.2) is 45.2 Å². The molecule has 0 saturated heterocycles. The highest BCUT2D eigenvalue weighted by atomic mass is 16.5. The molecule has 8 nitrogen and oxygen atoms in total. The Morgan fingerprint density at radius 2 is 1.52 bits per heavy atom. The van der Waals surface area contributed by atoms with E-state index in [1.807, 2.05) is 6.07 Å². The number of ether oxygens (including phenoxy) is 4. The maximum absolute atomic E-state index is 13.4. The van der Waals surface area contributed by atoms with Crippen LogP contribution in [0.1, 0.15) is 18.1 Å². The van der Waals surface area contributed by atoms with Gasteiger partial charge >= 0.3 is 0 Å². The number of carbonyl (C=O) groups is 2. The van der Waals surface area contributed by atoms with Crippen molar-refractivity contribution in [1.29, 1.82) is 5.26 Å². The zero-order valence-electron chi connectivity index (χ0n) is 19.1. The van der Waals surface area contributed by atoms with Gasteiger partial charge in [-0.3, -0.25) is 14.5 Å². The van der Waals surface area contributed by atoms with Crippen molar-refractivity contribution in [1.82, 2.24) is 4.90 Å². The van der Waals surface area contributed by atoms with E-state index in [1.165, 1.54) is 21.3 Å². The Bertz CT molecular complexity index is 1160. The fourth-order valence-corrected chi connectivity index (χ4v) is 3.54. The van der Waals surface area contributed by atoms with E-state index in [9.17, 15) is 14.9 Å². The minimum atomic E-state index is -0.627. The van der Waals surface area contributed by atoms with Crippen LogP contribution < -0.4 is 18.9 Å². The van der Waals surface area contributed by atoms with Crippen LogP contribution in [0.25, 0.3) is 6.08 Å². The van der Waals surface area contributed by atoms with Gasteiger partial charge in [0.25, 0.3) is 11.8 Å². The van der Waals surface area contributed by atoms with Crippen molar-refractivity contribution in [2.75, 3.05) is 28.4 Å². The molecular weight excluding hydrogens is 424 g/mol. The second kappa shape index (κ2) is 9.92. The normalized spacial score (nSPS) is 14.9. The lowest BCUT2D eigenvalue weighted by atomic mass is 9.93. The van der Waals surface area contributed by atoms with E-state index in [1.54, 1.807) is 56.5 Å². The van der Waals surface area contributed by atoms with E-state index < -0.39 is 11.8 Å². The minimum Gasteiger partial charge on any atom is -0.497 e. The SMILES string of the molecule is COc1ccc(CN2C(=O)C(C#N)=C(C)/C(=C\c3cc(OC)c(OC)c(OC)c3)C2=O)cc1. The quantitative estimate of drug-likeness (QED) is 0.472. The molecule has 0 bridgehead atoms. The highest BCUT2D eigenvalue weighted by Gasteiger charge is 2.35. The Morgan fingerprint density at radius 3 is 2.00 bits per heavy atom. The van der Waals surface area contributed by atoms with Crippen molar-refractivity contribution < 1.29 is 28.5 Å². The van der Waals surface area contributed by atoms with Gasteiger partial charge in [0.05, 0.1) is 35.0 Å². The molecule has 2 amide bonds. The molecule has 0 fully saturated rings. The first-order valence-corrected chi connectivity index (χ1v) is 10.0. The van der Waals surface area contributed by atoms with Gasteiger partial charge in [-0.25, -0.2) is 0 Å². The van der Waals surface area contributed by atoms with Crippen LogP contribution in [0.4, 0.5) is 0 Å². The molecule has 0 aromatic heterocycles. The molecule has 1 aliphatic heterocycles. The lowest BCUT2D eigenvalue weighted by molar-refractivity contribution is -0.141. The summed E-state index contributed by atoms with van der Waals surface area (Å²) in [5.74, 6) is 0.782. The highest BCUT2D eigenvalue weighted by molar-refractivity contribution is 6.19. The molecule has 0 spiro atoms. The summed E-state index contributed by atoms with van der Waals surface area (Å²) in [7, 11) is 6.04. The highest BCUT2D eigenvalue weighted by Crippen LogP contribution is 2.39. The van der Waals surface area contributed by atoms with Crippen molar-refractivity contribution in [2.45, 2.75) is 13.5 Å². The van der Waals surface area contributed by atoms with Crippen molar-refractivity contribution in [2.24, 2.45) is 0 Å². The van der Waals surface area contributed by atoms with Crippen LogP contribution in [0.5, 0.6) is 23.0 Å². The topological polar surface area (TPSA) is 98.1 Å². The predicted octanol–water partition coefficient (Wildman–Crippen LogP) is 3.51. The summed E-state index contributed by atoms with van der Waals surface area (Å²) in [6.45, 7) is 1.61. The van der Waals surface area contributed by atoms with Crippen LogP contribution in [0.2, 0.25) is 0 Å². The average molecular weight is 448 g/mol. The van der Waals surface area contributed by atoms with Crippen LogP contribution >= 0.6 is 0 Å². The van der Waals surface area contributed by atoms with E-state index in [0.29, 0.717) is 34.1 Å². The Morgan fingerprint density at radius 1 is 0.909 bits per heavy atom. The van der Waals surface area contributed by atoms with Gasteiger partial charge in [0.1, 0.15) is 17.4 Å². The van der Waals surface area contributed by atoms with E-state index in [2.05, 4.69) is 0 Å². The molecule has 33 heavy (non-hydrogen) atoms. The van der Waals surface area contributed by atoms with Gasteiger partial charge in [-0.15, -0.1) is 0 Å². The van der Waals surface area contributed by atoms with E-state index in [-0.39, 0.29) is 17.7 Å². The first-order valence-electron chi connectivity index (χ1n) is 10.0. The number of imide groups is 1. The molecular formula is C25H24N2O6. The number of nitriles is 1. The Hall–Kier alpha value is -4.25. The van der Waals surface area contributed by atoms with Gasteiger partial charge < -0.3 is 18.9 Å². The lowest BCUT2D eigenvalue weighted by Gasteiger charge is -2.27. The summed E-state index contributed by atoms with van der Waals surface area (Å²) in [6.07, 6.45) is 1.60. The second-order valence-electron chi connectivity index (χ2n) is 7.17. The number of hydrogen-bond acceptors (Lipinski definition) is 7. The third kappa shape index (κ3) is 4.53. The molecule has 0 N–H and O–H groups in total. The van der Waals surface area contributed by atoms with Gasteiger partial charge in [-0.05, 0) is 54.0 Å². The molecule has 0 radical (unpaired) electrons. The molecule has 0 atom stereocenters. The van der Waals surface area contributed by atoms with E-state index in [0.717, 1.165) is 10.5 Å². The zero-order valence-corrected chi connectivity index (χ0v) is 19.1. The van der Waals surface area contributed by atoms with Crippen LogP contribution in [0.3, 0.4) is 0 Å². The average Bonchev–Trinajstić information content (AvgIpc) is 2.84. The van der Waals surface area contributed by atoms with Crippen molar-refractivity contribution in [3.05, 3.63) is 64.2 Å². The smallest absolute Gasteiger partial charge is 0.271 e. The Balaban J connectivity index is 2.08. The van der Waals surface area contributed by atoms with Crippen molar-refractivity contribution in [3.8, 4) is 29.1 Å². The van der Waals surface area contributed by atoms with Gasteiger partial charge in [0, 0.05) is 5.57 Å². The molecule has 2 aromatic rings. The molecule has 2 aromatic carbocycles. The van der Waals surface area contributed by atoms with E-state index in [4.69, 9.17) is 18.9 Å². The summed E-state index contributed by atoms with van der Waals surface area (Å²) in [6, 6.07) is 12.3. The fraction of sp³-hybridized carbons (Fsp3) is 0.240. The van der Waals surface area contributed by atoms with Crippen molar-refractivity contribution >= 4 is 17.9 Å². The number of hydrogen-bond donors (Lipinski definition) is 0. The molecule has 0 aliphatic carbocycles. The number of benzene rings is 2. The molecule has 0 unspecified atom stereocenters. The largest absolute Gasteiger partial charge is 0.497 e. The molecule has 170 valence electrons.